The van der Waals surface area contributed by atoms with E-state index < -0.39 is 6.10 Å². The fraction of sp³-hybridized carbons (Fsp3) is 0.786. The molecule has 19 heavy (non-hydrogen) atoms. The molecule has 1 aromatic rings. The van der Waals surface area contributed by atoms with Gasteiger partial charge in [0.1, 0.15) is 6.10 Å². The Morgan fingerprint density at radius 2 is 2.37 bits per heavy atom. The maximum Gasteiger partial charge on any atom is 0.100 e. The molecule has 0 amide bonds. The minimum atomic E-state index is -0.484. The molecular weight excluding hydrogens is 264 g/mol. The minimum Gasteiger partial charge on any atom is -0.386 e. The Bertz CT molecular complexity index is 449. The summed E-state index contributed by atoms with van der Waals surface area (Å²) in [5, 5.41) is 15.5. The van der Waals surface area contributed by atoms with Crippen molar-refractivity contribution in [1.29, 1.82) is 0 Å². The van der Waals surface area contributed by atoms with Crippen LogP contribution in [-0.4, -0.2) is 28.6 Å². The maximum atomic E-state index is 10.7. The lowest BCUT2D eigenvalue weighted by molar-refractivity contribution is 0.0651. The number of aromatic nitrogens is 2. The lowest BCUT2D eigenvalue weighted by Gasteiger charge is -2.27. The third-order valence-electron chi connectivity index (χ3n) is 4.82. The van der Waals surface area contributed by atoms with E-state index in [4.69, 9.17) is 16.3 Å². The van der Waals surface area contributed by atoms with Crippen LogP contribution in [0, 0.1) is 17.8 Å². The van der Waals surface area contributed by atoms with Gasteiger partial charge in [0.15, 0.2) is 0 Å². The van der Waals surface area contributed by atoms with Crippen molar-refractivity contribution in [1.82, 2.24) is 9.78 Å². The molecule has 2 saturated carbocycles. The largest absolute Gasteiger partial charge is 0.386 e. The molecule has 0 radical (unpaired) electrons. The number of aliphatic hydroxyl groups excluding tert-OH is 1. The van der Waals surface area contributed by atoms with Crippen molar-refractivity contribution in [3.05, 3.63) is 16.9 Å². The van der Waals surface area contributed by atoms with E-state index in [2.05, 4.69) is 5.10 Å². The van der Waals surface area contributed by atoms with Gasteiger partial charge in [-0.15, -0.1) is 0 Å². The second-order valence-electron chi connectivity index (χ2n) is 5.88. The highest BCUT2D eigenvalue weighted by Gasteiger charge is 2.44. The number of rotatable bonds is 5. The van der Waals surface area contributed by atoms with Gasteiger partial charge >= 0.3 is 0 Å². The Morgan fingerprint density at radius 3 is 3.00 bits per heavy atom. The zero-order chi connectivity index (χ0) is 13.4. The first kappa shape index (κ1) is 13.4. The van der Waals surface area contributed by atoms with Gasteiger partial charge in [0.25, 0.3) is 0 Å². The van der Waals surface area contributed by atoms with Gasteiger partial charge in [-0.05, 0) is 37.0 Å². The highest BCUT2D eigenvalue weighted by Crippen LogP contribution is 2.53. The Balaban J connectivity index is 1.79. The van der Waals surface area contributed by atoms with Gasteiger partial charge in [0, 0.05) is 7.11 Å². The first-order valence-corrected chi connectivity index (χ1v) is 7.46. The van der Waals surface area contributed by atoms with E-state index in [0.29, 0.717) is 30.0 Å². The van der Waals surface area contributed by atoms with Crippen molar-refractivity contribution < 1.29 is 9.84 Å². The topological polar surface area (TPSA) is 47.3 Å². The molecule has 0 aliphatic heterocycles. The van der Waals surface area contributed by atoms with Crippen LogP contribution in [0.2, 0.25) is 5.02 Å². The summed E-state index contributed by atoms with van der Waals surface area (Å²) in [6.07, 6.45) is 6.16. The molecule has 4 atom stereocenters. The Kier molecular flexibility index (Phi) is 3.83. The van der Waals surface area contributed by atoms with Crippen LogP contribution in [0.15, 0.2) is 6.20 Å². The number of nitrogens with zero attached hydrogens (tertiary/aromatic N) is 2. The molecular formula is C14H21ClN2O2. The van der Waals surface area contributed by atoms with Gasteiger partial charge in [0.05, 0.1) is 30.1 Å². The zero-order valence-electron chi connectivity index (χ0n) is 11.3. The summed E-state index contributed by atoms with van der Waals surface area (Å²) in [5.74, 6) is 1.84. The number of methoxy groups -OCH3 is 1. The summed E-state index contributed by atoms with van der Waals surface area (Å²) < 4.78 is 6.87. The monoisotopic (exact) mass is 284 g/mol. The molecule has 106 valence electrons. The predicted octanol–water partition coefficient (Wildman–Crippen LogP) is 2.65. The van der Waals surface area contributed by atoms with Crippen molar-refractivity contribution in [3.8, 4) is 0 Å². The number of halogens is 1. The molecule has 4 unspecified atom stereocenters. The molecule has 5 heteroatoms. The van der Waals surface area contributed by atoms with Gasteiger partial charge < -0.3 is 9.84 Å². The van der Waals surface area contributed by atoms with Gasteiger partial charge in [-0.1, -0.05) is 18.0 Å². The third-order valence-corrected chi connectivity index (χ3v) is 5.11. The summed E-state index contributed by atoms with van der Waals surface area (Å²) in [7, 11) is 1.66. The molecule has 4 nitrogen and oxygen atoms in total. The third kappa shape index (κ3) is 2.41. The fourth-order valence-corrected chi connectivity index (χ4v) is 4.16. The number of hydrogen-bond acceptors (Lipinski definition) is 3. The van der Waals surface area contributed by atoms with E-state index in [1.807, 2.05) is 0 Å². The summed E-state index contributed by atoms with van der Waals surface area (Å²) in [5.41, 5.74) is 0.774. The summed E-state index contributed by atoms with van der Waals surface area (Å²) in [6, 6.07) is 0. The molecule has 0 saturated heterocycles. The SMILES string of the molecule is COCCn1ncc(Cl)c1C(O)C1CC2CCC1C2. The van der Waals surface area contributed by atoms with E-state index >= 15 is 0 Å². The van der Waals surface area contributed by atoms with Crippen LogP contribution in [0.4, 0.5) is 0 Å². The molecule has 2 aliphatic rings. The van der Waals surface area contributed by atoms with Crippen LogP contribution < -0.4 is 0 Å². The Labute approximate surface area is 118 Å². The van der Waals surface area contributed by atoms with E-state index in [-0.39, 0.29) is 0 Å². The van der Waals surface area contributed by atoms with Crippen LogP contribution in [0.5, 0.6) is 0 Å². The number of ether oxygens (including phenoxy) is 1. The summed E-state index contributed by atoms with van der Waals surface area (Å²) in [4.78, 5) is 0. The maximum absolute atomic E-state index is 10.7. The smallest absolute Gasteiger partial charge is 0.100 e. The number of hydrogen-bond donors (Lipinski definition) is 1. The van der Waals surface area contributed by atoms with Crippen LogP contribution >= 0.6 is 11.6 Å². The molecule has 1 N–H and O–H groups in total. The van der Waals surface area contributed by atoms with Crippen molar-refractivity contribution in [3.63, 3.8) is 0 Å². The first-order valence-electron chi connectivity index (χ1n) is 7.09. The van der Waals surface area contributed by atoms with E-state index in [1.54, 1.807) is 18.0 Å². The van der Waals surface area contributed by atoms with Crippen molar-refractivity contribution in [2.75, 3.05) is 13.7 Å². The van der Waals surface area contributed by atoms with Crippen LogP contribution in [0.3, 0.4) is 0 Å². The number of fused-ring (bicyclic) bond motifs is 2. The first-order chi connectivity index (χ1) is 9.20. The average molecular weight is 285 g/mol. The van der Waals surface area contributed by atoms with Gasteiger partial charge in [-0.25, -0.2) is 0 Å². The van der Waals surface area contributed by atoms with Crippen molar-refractivity contribution >= 4 is 11.6 Å². The minimum absolute atomic E-state index is 0.356. The Hall–Kier alpha value is -0.580. The lowest BCUT2D eigenvalue weighted by Crippen LogP contribution is -2.23. The zero-order valence-corrected chi connectivity index (χ0v) is 12.0. The van der Waals surface area contributed by atoms with Crippen LogP contribution in [-0.2, 0) is 11.3 Å². The van der Waals surface area contributed by atoms with E-state index in [1.165, 1.54) is 19.3 Å². The quantitative estimate of drug-likeness (QED) is 0.904. The summed E-state index contributed by atoms with van der Waals surface area (Å²) in [6.45, 7) is 1.21. The standard InChI is InChI=1S/C14H21ClN2O2/c1-19-5-4-17-13(12(15)8-16-17)14(18)11-7-9-2-3-10(11)6-9/h8-11,14,18H,2-7H2,1H3. The molecule has 2 aliphatic carbocycles. The molecule has 1 aromatic heterocycles. The molecule has 1 heterocycles. The van der Waals surface area contributed by atoms with E-state index in [0.717, 1.165) is 18.0 Å². The second-order valence-corrected chi connectivity index (χ2v) is 6.28. The highest BCUT2D eigenvalue weighted by molar-refractivity contribution is 6.31. The van der Waals surface area contributed by atoms with Crippen LogP contribution in [0.25, 0.3) is 0 Å². The molecule has 2 fully saturated rings. The van der Waals surface area contributed by atoms with Gasteiger partial charge in [0.2, 0.25) is 0 Å². The van der Waals surface area contributed by atoms with E-state index in [9.17, 15) is 5.11 Å². The normalized spacial score (nSPS) is 31.0. The highest BCUT2D eigenvalue weighted by atomic mass is 35.5. The predicted molar refractivity (Wildman–Crippen MR) is 73.0 cm³/mol. The molecule has 0 aromatic carbocycles. The lowest BCUT2D eigenvalue weighted by atomic mass is 9.83. The fourth-order valence-electron chi connectivity index (χ4n) is 3.91. The Morgan fingerprint density at radius 1 is 1.53 bits per heavy atom. The molecule has 0 spiro atoms. The second kappa shape index (κ2) is 5.43. The summed E-state index contributed by atoms with van der Waals surface area (Å²) >= 11 is 6.22. The molecule has 3 rings (SSSR count). The van der Waals surface area contributed by atoms with Gasteiger partial charge in [-0.2, -0.15) is 5.10 Å². The van der Waals surface area contributed by atoms with Gasteiger partial charge in [-0.3, -0.25) is 4.68 Å². The van der Waals surface area contributed by atoms with Crippen molar-refractivity contribution in [2.24, 2.45) is 17.8 Å². The number of aliphatic hydroxyl groups is 1. The van der Waals surface area contributed by atoms with Crippen LogP contribution in [0.1, 0.15) is 37.5 Å². The van der Waals surface area contributed by atoms with Crippen molar-refractivity contribution in [2.45, 2.75) is 38.3 Å². The molecule has 2 bridgehead atoms. The average Bonchev–Trinajstić information content (AvgIpc) is 3.10.